The highest BCUT2D eigenvalue weighted by molar-refractivity contribution is 7.46. The van der Waals surface area contributed by atoms with Crippen molar-refractivity contribution in [3.63, 3.8) is 0 Å². The first kappa shape index (κ1) is 33.1. The number of anilines is 3. The number of carbonyl (C=O) groups is 3. The van der Waals surface area contributed by atoms with Crippen LogP contribution in [-0.4, -0.2) is 34.1 Å². The van der Waals surface area contributed by atoms with Crippen molar-refractivity contribution in [2.24, 2.45) is 0 Å². The molecular formula is C34H33ClN3O7P. The Kier molecular flexibility index (Phi) is 9.76. The number of nitrogens with zero attached hydrogens (tertiary/aromatic N) is 1. The lowest BCUT2D eigenvalue weighted by Gasteiger charge is -2.25. The zero-order valence-corrected chi connectivity index (χ0v) is 27.1. The predicted octanol–water partition coefficient (Wildman–Crippen LogP) is 7.36. The number of phosphoric acid groups is 1. The van der Waals surface area contributed by atoms with Crippen molar-refractivity contribution in [2.45, 2.75) is 39.7 Å². The number of aryl methyl sites for hydroxylation is 3. The summed E-state index contributed by atoms with van der Waals surface area (Å²) in [6.07, 6.45) is -0.220. The largest absolute Gasteiger partial charge is 0.470 e. The van der Waals surface area contributed by atoms with Crippen LogP contribution in [0.5, 0.6) is 0 Å². The third-order valence-electron chi connectivity index (χ3n) is 7.82. The van der Waals surface area contributed by atoms with Gasteiger partial charge in [-0.15, -0.1) is 0 Å². The van der Waals surface area contributed by atoms with Crippen molar-refractivity contribution in [3.05, 3.63) is 123 Å². The summed E-state index contributed by atoms with van der Waals surface area (Å²) in [5.41, 5.74) is 5.49. The van der Waals surface area contributed by atoms with E-state index in [9.17, 15) is 28.7 Å². The molecule has 3 amide bonds. The van der Waals surface area contributed by atoms with E-state index in [-0.39, 0.29) is 24.1 Å². The highest BCUT2D eigenvalue weighted by Crippen LogP contribution is 2.47. The number of halogens is 1. The summed E-state index contributed by atoms with van der Waals surface area (Å²) in [6.45, 7) is 5.71. The lowest BCUT2D eigenvalue weighted by Crippen LogP contribution is -2.32. The summed E-state index contributed by atoms with van der Waals surface area (Å²) in [4.78, 5) is 60.2. The molecule has 5 rings (SSSR count). The van der Waals surface area contributed by atoms with Gasteiger partial charge in [0, 0.05) is 50.9 Å². The summed E-state index contributed by atoms with van der Waals surface area (Å²) >= 11 is 6.20. The van der Waals surface area contributed by atoms with Crippen LogP contribution >= 0.6 is 19.4 Å². The molecule has 0 aromatic heterocycles. The van der Waals surface area contributed by atoms with E-state index in [1.54, 1.807) is 85.5 Å². The number of nitrogens with one attached hydrogen (secondary N) is 2. The highest BCUT2D eigenvalue weighted by atomic mass is 35.5. The Balaban J connectivity index is 1.31. The summed E-state index contributed by atoms with van der Waals surface area (Å²) in [5, 5.41) is 6.11. The molecule has 1 heterocycles. The lowest BCUT2D eigenvalue weighted by molar-refractivity contribution is 0.0983. The van der Waals surface area contributed by atoms with Crippen molar-refractivity contribution < 1.29 is 33.3 Å². The van der Waals surface area contributed by atoms with Gasteiger partial charge in [-0.1, -0.05) is 29.8 Å². The van der Waals surface area contributed by atoms with Crippen LogP contribution in [0, 0.1) is 20.8 Å². The minimum atomic E-state index is -4.80. The maximum atomic E-state index is 13.8. The third kappa shape index (κ3) is 7.55. The van der Waals surface area contributed by atoms with Crippen LogP contribution in [0.4, 0.5) is 17.1 Å². The summed E-state index contributed by atoms with van der Waals surface area (Å²) in [5.74, 6) is -0.890. The van der Waals surface area contributed by atoms with Gasteiger partial charge in [-0.2, -0.15) is 0 Å². The van der Waals surface area contributed by atoms with E-state index in [0.717, 1.165) is 5.56 Å². The second-order valence-corrected chi connectivity index (χ2v) is 12.8. The number of hydrogen-bond acceptors (Lipinski definition) is 5. The predicted molar refractivity (Wildman–Crippen MR) is 178 cm³/mol. The fraction of sp³-hybridized carbons (Fsp3) is 0.206. The topological polar surface area (TPSA) is 145 Å². The molecule has 0 radical (unpaired) electrons. The number of fused-ring (bicyclic) bond motifs is 1. The normalized spacial score (nSPS) is 14.7. The van der Waals surface area contributed by atoms with E-state index in [0.29, 0.717) is 68.4 Å². The van der Waals surface area contributed by atoms with Gasteiger partial charge < -0.3 is 25.3 Å². The molecule has 1 aliphatic heterocycles. The average Bonchev–Trinajstić information content (AvgIpc) is 3.15. The van der Waals surface area contributed by atoms with Crippen LogP contribution in [0.2, 0.25) is 5.02 Å². The Bertz CT molecular complexity index is 1890. The molecule has 4 aromatic carbocycles. The molecule has 4 aromatic rings. The molecule has 0 saturated carbocycles. The molecule has 0 bridgehead atoms. The molecule has 1 aliphatic rings. The van der Waals surface area contributed by atoms with Crippen molar-refractivity contribution in [1.29, 1.82) is 0 Å². The molecular weight excluding hydrogens is 629 g/mol. The zero-order valence-electron chi connectivity index (χ0n) is 25.4. The summed E-state index contributed by atoms with van der Waals surface area (Å²) in [6, 6.07) is 22.1. The van der Waals surface area contributed by atoms with Crippen molar-refractivity contribution in [3.8, 4) is 0 Å². The first-order chi connectivity index (χ1) is 21.8. The monoisotopic (exact) mass is 661 g/mol. The van der Waals surface area contributed by atoms with E-state index < -0.39 is 13.9 Å². The fourth-order valence-corrected chi connectivity index (χ4v) is 6.30. The molecule has 12 heteroatoms. The van der Waals surface area contributed by atoms with Gasteiger partial charge in [0.25, 0.3) is 17.7 Å². The lowest BCUT2D eigenvalue weighted by atomic mass is 10.0. The smallest absolute Gasteiger partial charge is 0.322 e. The molecule has 4 N–H and O–H groups in total. The van der Waals surface area contributed by atoms with Crippen molar-refractivity contribution in [2.75, 3.05) is 22.1 Å². The molecule has 0 aliphatic carbocycles. The maximum absolute atomic E-state index is 13.8. The first-order valence-corrected chi connectivity index (χ1v) is 16.5. The fourth-order valence-electron chi connectivity index (χ4n) is 5.57. The number of amides is 3. The molecule has 0 spiro atoms. The minimum absolute atomic E-state index is 0.235. The van der Waals surface area contributed by atoms with Crippen LogP contribution in [0.15, 0.2) is 78.9 Å². The van der Waals surface area contributed by atoms with Gasteiger partial charge in [0.05, 0.1) is 6.10 Å². The quantitative estimate of drug-likeness (QED) is 0.151. The Hall–Kier alpha value is -4.31. The second-order valence-electron chi connectivity index (χ2n) is 11.2. The van der Waals surface area contributed by atoms with E-state index in [4.69, 9.17) is 16.1 Å². The number of rotatable bonds is 7. The van der Waals surface area contributed by atoms with Gasteiger partial charge in [0.15, 0.2) is 0 Å². The van der Waals surface area contributed by atoms with E-state index in [1.165, 1.54) is 0 Å². The standard InChI is InChI=1S/C34H33ClN3O7P/c1-20-7-4-5-8-26(20)32(39)36-24-11-13-27(21(2)17-24)33(40)37-25-12-14-28(22(3)18-25)34(41)38-16-6-9-31(45-46(42,43)44)29-19-23(35)10-15-30(29)38/h4-5,7-8,10-15,17-19,31H,6,9,16H2,1-3H3,(H,36,39)(H,37,40)(H2,42,43,44)/t31-/m0/s1. The number of benzene rings is 4. The molecule has 46 heavy (non-hydrogen) atoms. The van der Waals surface area contributed by atoms with Gasteiger partial charge in [-0.3, -0.25) is 18.9 Å². The molecule has 1 atom stereocenters. The van der Waals surface area contributed by atoms with Crippen LogP contribution < -0.4 is 15.5 Å². The maximum Gasteiger partial charge on any atom is 0.470 e. The molecule has 238 valence electrons. The van der Waals surface area contributed by atoms with E-state index in [1.807, 2.05) is 19.1 Å². The van der Waals surface area contributed by atoms with Gasteiger partial charge in [-0.05, 0) is 111 Å². The summed E-state index contributed by atoms with van der Waals surface area (Å²) < 4.78 is 16.7. The third-order valence-corrected chi connectivity index (χ3v) is 8.58. The SMILES string of the molecule is Cc1ccccc1C(=O)Nc1ccc(C(=O)Nc2ccc(C(=O)N3CCC[C@H](OP(=O)(O)O)c4cc(Cl)ccc43)c(C)c2)c(C)c1. The van der Waals surface area contributed by atoms with Gasteiger partial charge >= 0.3 is 7.82 Å². The van der Waals surface area contributed by atoms with Crippen LogP contribution in [-0.2, 0) is 9.09 Å². The Labute approximate surface area is 271 Å². The van der Waals surface area contributed by atoms with Crippen LogP contribution in [0.1, 0.15) is 72.3 Å². The van der Waals surface area contributed by atoms with E-state index >= 15 is 0 Å². The van der Waals surface area contributed by atoms with Crippen LogP contribution in [0.3, 0.4) is 0 Å². The zero-order chi connectivity index (χ0) is 33.2. The van der Waals surface area contributed by atoms with Gasteiger partial charge in [-0.25, -0.2) is 4.57 Å². The molecule has 0 saturated heterocycles. The molecule has 0 unspecified atom stereocenters. The number of carbonyl (C=O) groups excluding carboxylic acids is 3. The average molecular weight is 662 g/mol. The highest BCUT2D eigenvalue weighted by Gasteiger charge is 2.32. The number of phosphoric ester groups is 1. The Morgan fingerprint density at radius 3 is 1.98 bits per heavy atom. The van der Waals surface area contributed by atoms with Gasteiger partial charge in [0.2, 0.25) is 0 Å². The first-order valence-electron chi connectivity index (χ1n) is 14.6. The Morgan fingerprint density at radius 1 is 0.804 bits per heavy atom. The van der Waals surface area contributed by atoms with Gasteiger partial charge in [0.1, 0.15) is 0 Å². The second kappa shape index (κ2) is 13.6. The summed E-state index contributed by atoms with van der Waals surface area (Å²) in [7, 11) is -4.80. The number of hydrogen-bond donors (Lipinski definition) is 4. The van der Waals surface area contributed by atoms with E-state index in [2.05, 4.69) is 10.6 Å². The Morgan fingerprint density at radius 2 is 1.39 bits per heavy atom. The van der Waals surface area contributed by atoms with Crippen LogP contribution in [0.25, 0.3) is 0 Å². The molecule has 10 nitrogen and oxygen atoms in total. The minimum Gasteiger partial charge on any atom is -0.322 e. The molecule has 0 fully saturated rings. The van der Waals surface area contributed by atoms with Crippen molar-refractivity contribution >= 4 is 54.2 Å². The van der Waals surface area contributed by atoms with Crippen molar-refractivity contribution in [1.82, 2.24) is 0 Å².